The molecule has 0 N–H and O–H groups in total. The van der Waals surface area contributed by atoms with Gasteiger partial charge in [-0.15, -0.1) is 0 Å². The molecule has 0 aliphatic heterocycles. The van der Waals surface area contributed by atoms with Crippen molar-refractivity contribution in [2.45, 2.75) is 90.4 Å². The van der Waals surface area contributed by atoms with Crippen molar-refractivity contribution in [1.29, 1.82) is 0 Å². The first-order valence-corrected chi connectivity index (χ1v) is 14.1. The van der Waals surface area contributed by atoms with Gasteiger partial charge in [0.15, 0.2) is 0 Å². The number of carbonyl (C=O) groups excluding carboxylic acids is 1. The summed E-state index contributed by atoms with van der Waals surface area (Å²) in [7, 11) is 0. The van der Waals surface area contributed by atoms with Gasteiger partial charge in [-0.2, -0.15) is 0 Å². The van der Waals surface area contributed by atoms with Crippen LogP contribution in [-0.2, 0) is 11.2 Å². The van der Waals surface area contributed by atoms with Gasteiger partial charge in [-0.1, -0.05) is 74.4 Å². The highest BCUT2D eigenvalue weighted by Gasteiger charge is 2.34. The molecule has 2 saturated carbocycles. The SMILES string of the molecule is CC=CCCc1ccc(OC(=O)C2CCC(C3CCC(C[C@H](C)c4ccccc4)CC3)CC2)cc1. The van der Waals surface area contributed by atoms with Gasteiger partial charge in [-0.05, 0) is 112 Å². The molecule has 0 heterocycles. The summed E-state index contributed by atoms with van der Waals surface area (Å²) >= 11 is 0. The molecule has 2 aliphatic rings. The van der Waals surface area contributed by atoms with E-state index in [1.165, 1.54) is 56.1 Å². The zero-order valence-corrected chi connectivity index (χ0v) is 21.8. The number of benzene rings is 2. The van der Waals surface area contributed by atoms with E-state index in [4.69, 9.17) is 4.74 Å². The van der Waals surface area contributed by atoms with Crippen LogP contribution in [0.25, 0.3) is 0 Å². The van der Waals surface area contributed by atoms with Gasteiger partial charge in [0.05, 0.1) is 5.92 Å². The molecule has 2 aromatic carbocycles. The fraction of sp³-hybridized carbons (Fsp3) is 0.545. The number of esters is 1. The quantitative estimate of drug-likeness (QED) is 0.207. The van der Waals surface area contributed by atoms with E-state index in [1.54, 1.807) is 0 Å². The molecule has 188 valence electrons. The first-order chi connectivity index (χ1) is 17.1. The second-order valence-corrected chi connectivity index (χ2v) is 11.1. The van der Waals surface area contributed by atoms with E-state index >= 15 is 0 Å². The molecule has 0 amide bonds. The monoisotopic (exact) mass is 472 g/mol. The molecule has 0 unspecified atom stereocenters. The lowest BCUT2D eigenvalue weighted by molar-refractivity contribution is -0.140. The normalized spacial score (nSPS) is 25.9. The Morgan fingerprint density at radius 2 is 1.51 bits per heavy atom. The van der Waals surface area contributed by atoms with Crippen molar-refractivity contribution in [3.05, 3.63) is 77.9 Å². The minimum absolute atomic E-state index is 0.0243. The zero-order chi connectivity index (χ0) is 24.5. The fourth-order valence-corrected chi connectivity index (χ4v) is 6.48. The molecule has 2 heteroatoms. The van der Waals surface area contributed by atoms with Gasteiger partial charge in [-0.3, -0.25) is 4.79 Å². The van der Waals surface area contributed by atoms with E-state index in [0.29, 0.717) is 11.7 Å². The first kappa shape index (κ1) is 25.7. The number of carbonyl (C=O) groups is 1. The number of hydrogen-bond acceptors (Lipinski definition) is 2. The molecule has 0 spiro atoms. The highest BCUT2D eigenvalue weighted by molar-refractivity contribution is 5.75. The second-order valence-electron chi connectivity index (χ2n) is 11.1. The van der Waals surface area contributed by atoms with Crippen molar-refractivity contribution in [3.8, 4) is 5.75 Å². The third-order valence-corrected chi connectivity index (χ3v) is 8.70. The van der Waals surface area contributed by atoms with E-state index in [2.05, 4.69) is 68.5 Å². The Morgan fingerprint density at radius 3 is 2.14 bits per heavy atom. The molecule has 2 aromatic rings. The summed E-state index contributed by atoms with van der Waals surface area (Å²) in [6.45, 7) is 4.44. The molecule has 2 nitrogen and oxygen atoms in total. The summed E-state index contributed by atoms with van der Waals surface area (Å²) in [6, 6.07) is 19.1. The van der Waals surface area contributed by atoms with Gasteiger partial charge >= 0.3 is 5.97 Å². The molecule has 0 bridgehead atoms. The lowest BCUT2D eigenvalue weighted by Crippen LogP contribution is -2.30. The number of ether oxygens (including phenoxy) is 1. The van der Waals surface area contributed by atoms with E-state index in [-0.39, 0.29) is 11.9 Å². The summed E-state index contributed by atoms with van der Waals surface area (Å²) in [5.74, 6) is 3.95. The minimum atomic E-state index is -0.0243. The van der Waals surface area contributed by atoms with Crippen LogP contribution < -0.4 is 4.74 Å². The van der Waals surface area contributed by atoms with Crippen LogP contribution in [0.1, 0.15) is 95.1 Å². The highest BCUT2D eigenvalue weighted by Crippen LogP contribution is 2.43. The molecular formula is C33H44O2. The Hall–Kier alpha value is -2.35. The van der Waals surface area contributed by atoms with E-state index < -0.39 is 0 Å². The Bertz CT molecular complexity index is 913. The standard InChI is InChI=1S/C33H44O2/c1-3-4-6-9-26-14-22-32(23-15-26)35-33(34)31-20-18-30(19-21-31)29-16-12-27(13-17-29)24-25(2)28-10-7-5-8-11-28/h3-5,7-8,10-11,14-15,22-23,25,27,29-31H,6,9,12-13,16-21,24H2,1-2H3/t25-,27?,29?,30?,31?/m0/s1. The van der Waals surface area contributed by atoms with Crippen molar-refractivity contribution in [2.24, 2.45) is 23.7 Å². The Kier molecular flexibility index (Phi) is 9.63. The average Bonchev–Trinajstić information content (AvgIpc) is 2.91. The largest absolute Gasteiger partial charge is 0.426 e. The molecular weight excluding hydrogens is 428 g/mol. The summed E-state index contributed by atoms with van der Waals surface area (Å²) in [5.41, 5.74) is 2.77. The molecule has 0 aromatic heterocycles. The van der Waals surface area contributed by atoms with Crippen LogP contribution in [0.2, 0.25) is 0 Å². The van der Waals surface area contributed by atoms with Gasteiger partial charge in [0, 0.05) is 0 Å². The fourth-order valence-electron chi connectivity index (χ4n) is 6.48. The molecule has 1 atom stereocenters. The number of rotatable bonds is 9. The maximum absolute atomic E-state index is 12.8. The van der Waals surface area contributed by atoms with Gasteiger partial charge in [0.1, 0.15) is 5.75 Å². The summed E-state index contributed by atoms with van der Waals surface area (Å²) < 4.78 is 5.75. The van der Waals surface area contributed by atoms with Crippen LogP contribution in [0.15, 0.2) is 66.7 Å². The Morgan fingerprint density at radius 1 is 0.886 bits per heavy atom. The smallest absolute Gasteiger partial charge is 0.314 e. The Balaban J connectivity index is 1.16. The summed E-state index contributed by atoms with van der Waals surface area (Å²) in [6.07, 6.45) is 17.6. The average molecular weight is 473 g/mol. The van der Waals surface area contributed by atoms with Crippen molar-refractivity contribution >= 4 is 5.97 Å². The van der Waals surface area contributed by atoms with Gasteiger partial charge in [0.25, 0.3) is 0 Å². The van der Waals surface area contributed by atoms with E-state index in [9.17, 15) is 4.79 Å². The topological polar surface area (TPSA) is 26.3 Å². The minimum Gasteiger partial charge on any atom is -0.426 e. The van der Waals surface area contributed by atoms with Gasteiger partial charge in [-0.25, -0.2) is 0 Å². The lowest BCUT2D eigenvalue weighted by atomic mass is 9.68. The predicted octanol–water partition coefficient (Wildman–Crippen LogP) is 8.91. The van der Waals surface area contributed by atoms with Crippen LogP contribution >= 0.6 is 0 Å². The van der Waals surface area contributed by atoms with Crippen LogP contribution in [0.5, 0.6) is 5.75 Å². The van der Waals surface area contributed by atoms with Gasteiger partial charge < -0.3 is 4.74 Å². The summed E-state index contributed by atoms with van der Waals surface area (Å²) in [5, 5.41) is 0. The van der Waals surface area contributed by atoms with Crippen LogP contribution in [0, 0.1) is 23.7 Å². The summed E-state index contributed by atoms with van der Waals surface area (Å²) in [4.78, 5) is 12.8. The predicted molar refractivity (Wildman–Crippen MR) is 146 cm³/mol. The van der Waals surface area contributed by atoms with Crippen molar-refractivity contribution in [1.82, 2.24) is 0 Å². The van der Waals surface area contributed by atoms with Crippen molar-refractivity contribution in [2.75, 3.05) is 0 Å². The highest BCUT2D eigenvalue weighted by atomic mass is 16.5. The number of aryl methyl sites for hydroxylation is 1. The maximum atomic E-state index is 12.8. The molecule has 4 rings (SSSR count). The first-order valence-electron chi connectivity index (χ1n) is 14.1. The van der Waals surface area contributed by atoms with Crippen molar-refractivity contribution in [3.63, 3.8) is 0 Å². The molecule has 0 radical (unpaired) electrons. The number of allylic oxidation sites excluding steroid dienone is 2. The van der Waals surface area contributed by atoms with E-state index in [0.717, 1.165) is 43.4 Å². The van der Waals surface area contributed by atoms with Crippen molar-refractivity contribution < 1.29 is 9.53 Å². The second kappa shape index (κ2) is 13.1. The number of hydrogen-bond donors (Lipinski definition) is 0. The third-order valence-electron chi connectivity index (χ3n) is 8.70. The molecule has 2 fully saturated rings. The lowest BCUT2D eigenvalue weighted by Gasteiger charge is -2.38. The molecule has 2 aliphatic carbocycles. The molecule has 0 saturated heterocycles. The van der Waals surface area contributed by atoms with Gasteiger partial charge in [0.2, 0.25) is 0 Å². The van der Waals surface area contributed by atoms with Crippen LogP contribution in [0.4, 0.5) is 0 Å². The zero-order valence-electron chi connectivity index (χ0n) is 21.8. The van der Waals surface area contributed by atoms with Crippen LogP contribution in [-0.4, -0.2) is 5.97 Å². The van der Waals surface area contributed by atoms with E-state index in [1.807, 2.05) is 12.1 Å². The maximum Gasteiger partial charge on any atom is 0.314 e. The van der Waals surface area contributed by atoms with Crippen LogP contribution in [0.3, 0.4) is 0 Å². The Labute approximate surface area is 213 Å². The molecule has 35 heavy (non-hydrogen) atoms. The third kappa shape index (κ3) is 7.56.